The number of anilines is 1. The van der Waals surface area contributed by atoms with Gasteiger partial charge in [-0.2, -0.15) is 0 Å². The van der Waals surface area contributed by atoms with E-state index in [0.29, 0.717) is 9.23 Å². The number of aryl methyl sites for hydroxylation is 1. The van der Waals surface area contributed by atoms with Crippen LogP contribution in [0.2, 0.25) is 0 Å². The van der Waals surface area contributed by atoms with Gasteiger partial charge in [-0.1, -0.05) is 30.0 Å². The third-order valence-electron chi connectivity index (χ3n) is 4.43. The molecule has 0 atom stereocenters. The van der Waals surface area contributed by atoms with Crippen molar-refractivity contribution in [2.24, 2.45) is 0 Å². The summed E-state index contributed by atoms with van der Waals surface area (Å²) in [4.78, 5) is 27.5. The summed E-state index contributed by atoms with van der Waals surface area (Å²) >= 11 is 6.45. The van der Waals surface area contributed by atoms with Crippen LogP contribution >= 0.6 is 24.0 Å². The molecule has 7 heteroatoms. The van der Waals surface area contributed by atoms with Gasteiger partial charge in [0.2, 0.25) is 0 Å². The van der Waals surface area contributed by atoms with E-state index in [0.717, 1.165) is 24.2 Å². The number of rotatable bonds is 5. The molecule has 0 aliphatic carbocycles. The van der Waals surface area contributed by atoms with E-state index in [2.05, 4.69) is 17.0 Å². The highest BCUT2D eigenvalue weighted by atomic mass is 32.2. The van der Waals surface area contributed by atoms with E-state index in [1.165, 1.54) is 35.2 Å². The number of carboxylic acids is 1. The fourth-order valence-corrected chi connectivity index (χ4v) is 4.33. The maximum Gasteiger partial charge on any atom is 0.305 e. The van der Waals surface area contributed by atoms with Crippen molar-refractivity contribution >= 4 is 51.9 Å². The number of aliphatic carboxylic acids is 1. The standard InChI is InChI=1S/C18H20N2O3S2/c1-12-10-14(19-7-2-3-8-19)5-4-13(12)11-15-17(23)20(18(24)25-15)9-6-16(21)22/h4-5,10-11H,2-3,6-9H2,1H3,(H,21,22)/b15-11+. The molecule has 5 nitrogen and oxygen atoms in total. The van der Waals surface area contributed by atoms with Crippen LogP contribution < -0.4 is 4.90 Å². The summed E-state index contributed by atoms with van der Waals surface area (Å²) in [6.45, 7) is 4.35. The van der Waals surface area contributed by atoms with E-state index < -0.39 is 5.97 Å². The largest absolute Gasteiger partial charge is 0.481 e. The minimum absolute atomic E-state index is 0.108. The van der Waals surface area contributed by atoms with E-state index in [1.807, 2.05) is 19.1 Å². The van der Waals surface area contributed by atoms with Crippen LogP contribution in [0.1, 0.15) is 30.4 Å². The Balaban J connectivity index is 1.77. The van der Waals surface area contributed by atoms with Gasteiger partial charge in [0.05, 0.1) is 11.3 Å². The van der Waals surface area contributed by atoms with Crippen molar-refractivity contribution in [3.05, 3.63) is 34.2 Å². The van der Waals surface area contributed by atoms with E-state index in [-0.39, 0.29) is 18.9 Å². The lowest BCUT2D eigenvalue weighted by molar-refractivity contribution is -0.137. The summed E-state index contributed by atoms with van der Waals surface area (Å²) in [5.41, 5.74) is 3.32. The normalized spacial score (nSPS) is 19.3. The third kappa shape index (κ3) is 4.04. The topological polar surface area (TPSA) is 60.9 Å². The molecule has 132 valence electrons. The van der Waals surface area contributed by atoms with Crippen LogP contribution in [0.4, 0.5) is 5.69 Å². The summed E-state index contributed by atoms with van der Waals surface area (Å²) in [5, 5.41) is 8.79. The zero-order valence-electron chi connectivity index (χ0n) is 14.0. The first-order valence-corrected chi connectivity index (χ1v) is 9.51. The Morgan fingerprint density at radius 3 is 2.72 bits per heavy atom. The van der Waals surface area contributed by atoms with Gasteiger partial charge in [0.15, 0.2) is 0 Å². The van der Waals surface area contributed by atoms with Gasteiger partial charge < -0.3 is 10.0 Å². The van der Waals surface area contributed by atoms with Gasteiger partial charge in [-0.15, -0.1) is 0 Å². The van der Waals surface area contributed by atoms with E-state index in [4.69, 9.17) is 17.3 Å². The number of thioether (sulfide) groups is 1. The summed E-state index contributed by atoms with van der Waals surface area (Å²) in [6.07, 6.45) is 4.21. The van der Waals surface area contributed by atoms with E-state index in [9.17, 15) is 9.59 Å². The lowest BCUT2D eigenvalue weighted by atomic mass is 10.1. The molecular formula is C18H20N2O3S2. The predicted molar refractivity (Wildman–Crippen MR) is 105 cm³/mol. The van der Waals surface area contributed by atoms with Crippen molar-refractivity contribution in [1.82, 2.24) is 4.90 Å². The van der Waals surface area contributed by atoms with Crippen LogP contribution in [0.15, 0.2) is 23.1 Å². The molecule has 1 aromatic carbocycles. The van der Waals surface area contributed by atoms with Gasteiger partial charge in [0, 0.05) is 25.3 Å². The molecule has 2 saturated heterocycles. The molecule has 1 amide bonds. The Labute approximate surface area is 156 Å². The Bertz CT molecular complexity index is 755. The fraction of sp³-hybridized carbons (Fsp3) is 0.389. The Hall–Kier alpha value is -1.86. The monoisotopic (exact) mass is 376 g/mol. The van der Waals surface area contributed by atoms with E-state index >= 15 is 0 Å². The number of carboxylic acid groups (broad SMARTS) is 1. The second-order valence-corrected chi connectivity index (χ2v) is 7.89. The first-order chi connectivity index (χ1) is 12.0. The van der Waals surface area contributed by atoms with Crippen molar-refractivity contribution in [2.75, 3.05) is 24.5 Å². The average Bonchev–Trinajstić information content (AvgIpc) is 3.17. The lowest BCUT2D eigenvalue weighted by Crippen LogP contribution is -2.30. The quantitative estimate of drug-likeness (QED) is 0.629. The molecule has 2 heterocycles. The second kappa shape index (κ2) is 7.58. The van der Waals surface area contributed by atoms with Crippen LogP contribution in [0, 0.1) is 6.92 Å². The summed E-state index contributed by atoms with van der Waals surface area (Å²) in [6, 6.07) is 6.28. The van der Waals surface area contributed by atoms with Crippen molar-refractivity contribution < 1.29 is 14.7 Å². The van der Waals surface area contributed by atoms with Crippen LogP contribution in [-0.2, 0) is 9.59 Å². The maximum atomic E-state index is 12.5. The van der Waals surface area contributed by atoms with Crippen molar-refractivity contribution in [2.45, 2.75) is 26.2 Å². The minimum atomic E-state index is -0.939. The van der Waals surface area contributed by atoms with Crippen molar-refractivity contribution in [1.29, 1.82) is 0 Å². The Kier molecular flexibility index (Phi) is 5.44. The Morgan fingerprint density at radius 1 is 1.36 bits per heavy atom. The number of hydrogen-bond donors (Lipinski definition) is 1. The first kappa shape index (κ1) is 17.9. The van der Waals surface area contributed by atoms with E-state index in [1.54, 1.807) is 0 Å². The van der Waals surface area contributed by atoms with Gasteiger partial charge in [0.25, 0.3) is 5.91 Å². The lowest BCUT2D eigenvalue weighted by Gasteiger charge is -2.18. The fourth-order valence-electron chi connectivity index (χ4n) is 3.04. The minimum Gasteiger partial charge on any atom is -0.481 e. The molecule has 0 aromatic heterocycles. The van der Waals surface area contributed by atoms with Gasteiger partial charge >= 0.3 is 5.97 Å². The SMILES string of the molecule is Cc1cc(N2CCCC2)ccc1/C=C1/SC(=S)N(CCC(=O)O)C1=O. The highest BCUT2D eigenvalue weighted by molar-refractivity contribution is 8.26. The second-order valence-electron chi connectivity index (χ2n) is 6.21. The number of benzene rings is 1. The van der Waals surface area contributed by atoms with Gasteiger partial charge in [-0.3, -0.25) is 14.5 Å². The van der Waals surface area contributed by atoms with Crippen LogP contribution in [0.3, 0.4) is 0 Å². The molecule has 2 fully saturated rings. The molecule has 0 bridgehead atoms. The predicted octanol–water partition coefficient (Wildman–Crippen LogP) is 3.27. The molecule has 3 rings (SSSR count). The molecule has 0 spiro atoms. The number of carbonyl (C=O) groups excluding carboxylic acids is 1. The molecular weight excluding hydrogens is 356 g/mol. The zero-order valence-corrected chi connectivity index (χ0v) is 15.7. The van der Waals surface area contributed by atoms with Crippen LogP contribution in [0.5, 0.6) is 0 Å². The molecule has 2 aliphatic heterocycles. The number of nitrogens with zero attached hydrogens (tertiary/aromatic N) is 2. The number of carbonyl (C=O) groups is 2. The molecule has 2 aliphatic rings. The number of hydrogen-bond acceptors (Lipinski definition) is 5. The van der Waals surface area contributed by atoms with Crippen molar-refractivity contribution in [3.63, 3.8) is 0 Å². The zero-order chi connectivity index (χ0) is 18.0. The van der Waals surface area contributed by atoms with Crippen LogP contribution in [0.25, 0.3) is 6.08 Å². The summed E-state index contributed by atoms with van der Waals surface area (Å²) < 4.78 is 0.420. The van der Waals surface area contributed by atoms with Gasteiger partial charge in [-0.25, -0.2) is 0 Å². The van der Waals surface area contributed by atoms with Crippen molar-refractivity contribution in [3.8, 4) is 0 Å². The highest BCUT2D eigenvalue weighted by Crippen LogP contribution is 2.33. The molecule has 1 aromatic rings. The van der Waals surface area contributed by atoms with Gasteiger partial charge in [0.1, 0.15) is 4.32 Å². The third-order valence-corrected chi connectivity index (χ3v) is 5.81. The number of amides is 1. The van der Waals surface area contributed by atoms with Gasteiger partial charge in [-0.05, 0) is 49.1 Å². The maximum absolute atomic E-state index is 12.5. The first-order valence-electron chi connectivity index (χ1n) is 8.28. The molecule has 0 saturated carbocycles. The average molecular weight is 377 g/mol. The molecule has 25 heavy (non-hydrogen) atoms. The molecule has 1 N–H and O–H groups in total. The van der Waals surface area contributed by atoms with Crippen LogP contribution in [-0.4, -0.2) is 45.8 Å². The highest BCUT2D eigenvalue weighted by Gasteiger charge is 2.32. The summed E-state index contributed by atoms with van der Waals surface area (Å²) in [7, 11) is 0. The Morgan fingerprint density at radius 2 is 2.08 bits per heavy atom. The molecule has 0 radical (unpaired) electrons. The molecule has 0 unspecified atom stereocenters. The summed E-state index contributed by atoms with van der Waals surface area (Å²) in [5.74, 6) is -1.15. The number of thiocarbonyl (C=S) groups is 1. The smallest absolute Gasteiger partial charge is 0.305 e.